The monoisotopic (exact) mass is 203 g/mol. The number of thiazole rings is 1. The Morgan fingerprint density at radius 3 is 3.33 bits per heavy atom. The maximum atomic E-state index is 5.82. The van der Waals surface area contributed by atoms with E-state index in [4.69, 9.17) is 16.3 Å². The zero-order valence-corrected chi connectivity index (χ0v) is 8.14. The van der Waals surface area contributed by atoms with E-state index >= 15 is 0 Å². The average molecular weight is 204 g/mol. The summed E-state index contributed by atoms with van der Waals surface area (Å²) >= 11 is 7.47. The molecule has 0 bridgehead atoms. The summed E-state index contributed by atoms with van der Waals surface area (Å²) in [7, 11) is 0. The van der Waals surface area contributed by atoms with E-state index in [9.17, 15) is 0 Å². The molecule has 0 saturated carbocycles. The van der Waals surface area contributed by atoms with Crippen LogP contribution in [0.25, 0.3) is 0 Å². The lowest BCUT2D eigenvalue weighted by atomic mass is 10.0. The van der Waals surface area contributed by atoms with Crippen molar-refractivity contribution < 1.29 is 4.74 Å². The van der Waals surface area contributed by atoms with Crippen molar-refractivity contribution in [1.29, 1.82) is 0 Å². The second-order valence-corrected chi connectivity index (χ2v) is 4.12. The minimum Gasteiger partial charge on any atom is -0.372 e. The molecule has 1 aromatic heterocycles. The second kappa shape index (κ2) is 3.73. The Kier molecular flexibility index (Phi) is 2.63. The van der Waals surface area contributed by atoms with Gasteiger partial charge in [-0.1, -0.05) is 0 Å². The summed E-state index contributed by atoms with van der Waals surface area (Å²) in [6, 6.07) is 0. The number of aromatic nitrogens is 1. The van der Waals surface area contributed by atoms with Gasteiger partial charge in [0, 0.05) is 24.6 Å². The summed E-state index contributed by atoms with van der Waals surface area (Å²) < 4.78 is 5.59. The molecule has 1 fully saturated rings. The highest BCUT2D eigenvalue weighted by atomic mass is 35.5. The molecule has 1 aliphatic rings. The molecule has 0 N–H and O–H groups in total. The third-order valence-corrected chi connectivity index (χ3v) is 3.38. The second-order valence-electron chi connectivity index (χ2n) is 2.90. The van der Waals surface area contributed by atoms with Gasteiger partial charge >= 0.3 is 0 Å². The fourth-order valence-corrected chi connectivity index (χ4v) is 2.55. The van der Waals surface area contributed by atoms with Crippen molar-refractivity contribution in [3.63, 3.8) is 0 Å². The normalized spacial score (nSPS) is 29.4. The van der Waals surface area contributed by atoms with Crippen molar-refractivity contribution in [3.8, 4) is 0 Å². The van der Waals surface area contributed by atoms with E-state index in [0.717, 1.165) is 13.0 Å². The highest BCUT2D eigenvalue weighted by Gasteiger charge is 2.29. The maximum Gasteiger partial charge on any atom is 0.0973 e. The Morgan fingerprint density at radius 1 is 1.75 bits per heavy atom. The molecule has 0 radical (unpaired) electrons. The van der Waals surface area contributed by atoms with Gasteiger partial charge in [0.25, 0.3) is 0 Å². The van der Waals surface area contributed by atoms with Gasteiger partial charge in [-0.05, 0) is 6.42 Å². The molecule has 1 aliphatic heterocycles. The van der Waals surface area contributed by atoms with E-state index in [1.807, 2.05) is 11.7 Å². The molecule has 0 aliphatic carbocycles. The standard InChI is InChI=1S/C8H10ClNOS/c9-3-6-1-2-11-8(6)7-4-10-5-12-7/h4-6,8H,1-3H2. The molecular weight excluding hydrogens is 194 g/mol. The van der Waals surface area contributed by atoms with Crippen molar-refractivity contribution in [1.82, 2.24) is 4.98 Å². The average Bonchev–Trinajstić information content (AvgIpc) is 2.74. The smallest absolute Gasteiger partial charge is 0.0973 e. The number of hydrogen-bond donors (Lipinski definition) is 0. The molecule has 2 rings (SSSR count). The fourth-order valence-electron chi connectivity index (χ4n) is 1.47. The van der Waals surface area contributed by atoms with Crippen molar-refractivity contribution in [2.45, 2.75) is 12.5 Å². The molecule has 4 heteroatoms. The van der Waals surface area contributed by atoms with Crippen LogP contribution in [0.5, 0.6) is 0 Å². The Morgan fingerprint density at radius 2 is 2.67 bits per heavy atom. The van der Waals surface area contributed by atoms with E-state index in [0.29, 0.717) is 11.8 Å². The number of alkyl halides is 1. The highest BCUT2D eigenvalue weighted by Crippen LogP contribution is 2.36. The van der Waals surface area contributed by atoms with Crippen LogP contribution in [0.1, 0.15) is 17.4 Å². The van der Waals surface area contributed by atoms with Crippen molar-refractivity contribution in [3.05, 3.63) is 16.6 Å². The van der Waals surface area contributed by atoms with E-state index in [-0.39, 0.29) is 6.10 Å². The maximum absolute atomic E-state index is 5.82. The molecule has 2 unspecified atom stereocenters. The Balaban J connectivity index is 2.13. The predicted molar refractivity (Wildman–Crippen MR) is 49.6 cm³/mol. The van der Waals surface area contributed by atoms with Crippen molar-refractivity contribution in [2.75, 3.05) is 12.5 Å². The van der Waals surface area contributed by atoms with Gasteiger partial charge in [-0.25, -0.2) is 0 Å². The van der Waals surface area contributed by atoms with Gasteiger partial charge in [-0.3, -0.25) is 4.98 Å². The number of hydrogen-bond acceptors (Lipinski definition) is 3. The summed E-state index contributed by atoms with van der Waals surface area (Å²) in [5.74, 6) is 1.16. The molecule has 1 aromatic rings. The minimum atomic E-state index is 0.204. The van der Waals surface area contributed by atoms with E-state index < -0.39 is 0 Å². The topological polar surface area (TPSA) is 22.1 Å². The molecule has 66 valence electrons. The van der Waals surface area contributed by atoms with Crippen LogP contribution in [0, 0.1) is 5.92 Å². The van der Waals surface area contributed by atoms with Gasteiger partial charge < -0.3 is 4.74 Å². The summed E-state index contributed by atoms with van der Waals surface area (Å²) in [6.07, 6.45) is 3.15. The van der Waals surface area contributed by atoms with E-state index in [1.165, 1.54) is 4.88 Å². The van der Waals surface area contributed by atoms with Gasteiger partial charge in [-0.2, -0.15) is 0 Å². The molecule has 2 heterocycles. The molecule has 0 amide bonds. The third-order valence-electron chi connectivity index (χ3n) is 2.14. The van der Waals surface area contributed by atoms with E-state index in [1.54, 1.807) is 11.3 Å². The van der Waals surface area contributed by atoms with Crippen LogP contribution in [0.4, 0.5) is 0 Å². The highest BCUT2D eigenvalue weighted by molar-refractivity contribution is 7.09. The Labute approximate surface area is 80.5 Å². The van der Waals surface area contributed by atoms with Gasteiger partial charge in [0.05, 0.1) is 16.5 Å². The van der Waals surface area contributed by atoms with Crippen LogP contribution in [-0.2, 0) is 4.74 Å². The first-order valence-electron chi connectivity index (χ1n) is 3.98. The fraction of sp³-hybridized carbons (Fsp3) is 0.625. The number of halogens is 1. The quantitative estimate of drug-likeness (QED) is 0.689. The number of nitrogens with zero attached hydrogens (tertiary/aromatic N) is 1. The molecular formula is C8H10ClNOS. The molecule has 12 heavy (non-hydrogen) atoms. The largest absolute Gasteiger partial charge is 0.372 e. The molecule has 2 atom stereocenters. The first kappa shape index (κ1) is 8.48. The first-order chi connectivity index (χ1) is 5.92. The van der Waals surface area contributed by atoms with Crippen LogP contribution >= 0.6 is 22.9 Å². The number of rotatable bonds is 2. The van der Waals surface area contributed by atoms with Gasteiger partial charge in [0.2, 0.25) is 0 Å². The lowest BCUT2D eigenvalue weighted by molar-refractivity contribution is 0.0978. The van der Waals surface area contributed by atoms with E-state index in [2.05, 4.69) is 4.98 Å². The van der Waals surface area contributed by atoms with Crippen molar-refractivity contribution in [2.24, 2.45) is 5.92 Å². The van der Waals surface area contributed by atoms with Crippen molar-refractivity contribution >= 4 is 22.9 Å². The van der Waals surface area contributed by atoms with Crippen LogP contribution in [0.15, 0.2) is 11.7 Å². The van der Waals surface area contributed by atoms with Crippen LogP contribution in [-0.4, -0.2) is 17.5 Å². The summed E-state index contributed by atoms with van der Waals surface area (Å²) in [6.45, 7) is 0.833. The molecule has 1 saturated heterocycles. The molecule has 2 nitrogen and oxygen atoms in total. The molecule has 0 aromatic carbocycles. The molecule has 0 spiro atoms. The summed E-state index contributed by atoms with van der Waals surface area (Å²) in [5, 5.41) is 0. The SMILES string of the molecule is ClCC1CCOC1c1cncs1. The Bertz CT molecular complexity index is 239. The lowest BCUT2D eigenvalue weighted by Crippen LogP contribution is -2.07. The van der Waals surface area contributed by atoms with Gasteiger partial charge in [-0.15, -0.1) is 22.9 Å². The summed E-state index contributed by atoms with van der Waals surface area (Å²) in [4.78, 5) is 5.24. The minimum absolute atomic E-state index is 0.204. The van der Waals surface area contributed by atoms with Crippen LogP contribution in [0.3, 0.4) is 0 Å². The van der Waals surface area contributed by atoms with Crippen LogP contribution in [0.2, 0.25) is 0 Å². The van der Waals surface area contributed by atoms with Gasteiger partial charge in [0.1, 0.15) is 0 Å². The Hall–Kier alpha value is -0.120. The lowest BCUT2D eigenvalue weighted by Gasteiger charge is -2.12. The zero-order valence-electron chi connectivity index (χ0n) is 6.57. The van der Waals surface area contributed by atoms with Gasteiger partial charge in [0.15, 0.2) is 0 Å². The zero-order chi connectivity index (χ0) is 8.39. The first-order valence-corrected chi connectivity index (χ1v) is 5.39. The van der Waals surface area contributed by atoms with Crippen LogP contribution < -0.4 is 0 Å². The number of ether oxygens (including phenoxy) is 1. The summed E-state index contributed by atoms with van der Waals surface area (Å²) in [5.41, 5.74) is 1.84. The third kappa shape index (κ3) is 1.49. The predicted octanol–water partition coefficient (Wildman–Crippen LogP) is 2.46.